The van der Waals surface area contributed by atoms with Crippen LogP contribution < -0.4 is 5.32 Å². The number of anilines is 1. The molecule has 2 N–H and O–H groups in total. The average Bonchev–Trinajstić information content (AvgIpc) is 2.92. The fraction of sp³-hybridized carbons (Fsp3) is 0.733. The lowest BCUT2D eigenvalue weighted by Crippen LogP contribution is -2.55. The minimum Gasteiger partial charge on any atom is -0.380 e. The molecule has 0 saturated carbocycles. The quantitative estimate of drug-likeness (QED) is 0.879. The number of urea groups is 1. The Morgan fingerprint density at radius 3 is 2.58 bits per heavy atom. The number of carbonyl (C=O) groups excluding carboxylic acids is 1. The highest BCUT2D eigenvalue weighted by Crippen LogP contribution is 2.38. The lowest BCUT2D eigenvalue weighted by molar-refractivity contribution is -0.271. The van der Waals surface area contributed by atoms with Crippen LogP contribution in [0.5, 0.6) is 0 Å². The van der Waals surface area contributed by atoms with Crippen LogP contribution in [0, 0.1) is 5.92 Å². The third-order valence-electron chi connectivity index (χ3n) is 4.22. The van der Waals surface area contributed by atoms with Crippen molar-refractivity contribution in [1.82, 2.24) is 14.7 Å². The van der Waals surface area contributed by atoms with E-state index < -0.39 is 30.7 Å². The van der Waals surface area contributed by atoms with Gasteiger partial charge in [-0.15, -0.1) is 0 Å². The van der Waals surface area contributed by atoms with Crippen LogP contribution in [0.3, 0.4) is 0 Å². The number of aryl methyl sites for hydroxylation is 1. The van der Waals surface area contributed by atoms with Crippen molar-refractivity contribution in [2.24, 2.45) is 5.92 Å². The van der Waals surface area contributed by atoms with Crippen molar-refractivity contribution in [3.63, 3.8) is 0 Å². The number of rotatable bonds is 4. The maximum Gasteiger partial charge on any atom is 0.417 e. The van der Waals surface area contributed by atoms with Crippen molar-refractivity contribution in [2.75, 3.05) is 18.4 Å². The van der Waals surface area contributed by atoms with E-state index in [4.69, 9.17) is 0 Å². The van der Waals surface area contributed by atoms with Gasteiger partial charge in [-0.05, 0) is 12.3 Å². The maximum absolute atomic E-state index is 12.8. The Hall–Kier alpha value is -1.77. The Bertz CT molecular complexity index is 563. The van der Waals surface area contributed by atoms with Crippen molar-refractivity contribution in [3.8, 4) is 0 Å². The molecule has 0 spiro atoms. The van der Waals surface area contributed by atoms with Gasteiger partial charge >= 0.3 is 12.2 Å². The Labute approximate surface area is 138 Å². The Morgan fingerprint density at radius 2 is 2.04 bits per heavy atom. The zero-order valence-corrected chi connectivity index (χ0v) is 13.8. The monoisotopic (exact) mass is 348 g/mol. The van der Waals surface area contributed by atoms with Gasteiger partial charge in [-0.25, -0.2) is 4.79 Å². The van der Waals surface area contributed by atoms with E-state index in [0.717, 1.165) is 13.0 Å². The summed E-state index contributed by atoms with van der Waals surface area (Å²) in [6, 6.07) is 1.14. The molecule has 24 heavy (non-hydrogen) atoms. The second-order valence-corrected chi connectivity index (χ2v) is 6.59. The van der Waals surface area contributed by atoms with E-state index in [0.29, 0.717) is 11.7 Å². The van der Waals surface area contributed by atoms with Crippen molar-refractivity contribution in [3.05, 3.63) is 12.3 Å². The van der Waals surface area contributed by atoms with E-state index in [-0.39, 0.29) is 13.1 Å². The van der Waals surface area contributed by atoms with Crippen LogP contribution in [0.25, 0.3) is 0 Å². The molecule has 1 fully saturated rings. The minimum atomic E-state index is -4.68. The molecule has 6 nitrogen and oxygen atoms in total. The van der Waals surface area contributed by atoms with Gasteiger partial charge in [0.1, 0.15) is 0 Å². The van der Waals surface area contributed by atoms with Gasteiger partial charge in [-0.2, -0.15) is 18.3 Å². The van der Waals surface area contributed by atoms with Crippen LogP contribution in [0.15, 0.2) is 12.3 Å². The topological polar surface area (TPSA) is 70.4 Å². The molecule has 0 aliphatic carbocycles. The summed E-state index contributed by atoms with van der Waals surface area (Å²) in [6.45, 7) is 4.62. The van der Waals surface area contributed by atoms with Gasteiger partial charge < -0.3 is 10.0 Å². The molecule has 0 bridgehead atoms. The van der Waals surface area contributed by atoms with Crippen LogP contribution in [0.4, 0.5) is 23.8 Å². The molecular weight excluding hydrogens is 325 g/mol. The number of aromatic nitrogens is 2. The summed E-state index contributed by atoms with van der Waals surface area (Å²) in [4.78, 5) is 13.4. The summed E-state index contributed by atoms with van der Waals surface area (Å²) in [5.74, 6) is 0.897. The van der Waals surface area contributed by atoms with E-state index in [9.17, 15) is 23.1 Å². The predicted octanol–water partition coefficient (Wildman–Crippen LogP) is 2.85. The molecule has 0 aromatic carbocycles. The number of hydrogen-bond acceptors (Lipinski definition) is 3. The average molecular weight is 348 g/mol. The summed E-state index contributed by atoms with van der Waals surface area (Å²) >= 11 is 0. The Balaban J connectivity index is 1.86. The molecule has 2 amide bonds. The number of amides is 2. The second kappa shape index (κ2) is 7.00. The first-order valence-electron chi connectivity index (χ1n) is 7.99. The van der Waals surface area contributed by atoms with Crippen molar-refractivity contribution in [1.29, 1.82) is 0 Å². The number of carbonyl (C=O) groups is 1. The fourth-order valence-corrected chi connectivity index (χ4v) is 2.50. The smallest absolute Gasteiger partial charge is 0.380 e. The molecule has 1 aliphatic heterocycles. The lowest BCUT2D eigenvalue weighted by atomic mass is 9.91. The normalized spacial score (nSPS) is 18.0. The molecule has 0 unspecified atom stereocenters. The largest absolute Gasteiger partial charge is 0.417 e. The molecule has 9 heteroatoms. The van der Waals surface area contributed by atoms with Gasteiger partial charge in [0, 0.05) is 44.7 Å². The van der Waals surface area contributed by atoms with Crippen LogP contribution in [0.2, 0.25) is 0 Å². The molecule has 1 aromatic rings. The summed E-state index contributed by atoms with van der Waals surface area (Å²) in [7, 11) is 0. The molecule has 2 heterocycles. The zero-order valence-electron chi connectivity index (χ0n) is 13.8. The van der Waals surface area contributed by atoms with E-state index in [2.05, 4.69) is 24.3 Å². The van der Waals surface area contributed by atoms with Crippen molar-refractivity contribution in [2.45, 2.75) is 51.4 Å². The molecule has 0 atom stereocenters. The SMILES string of the molecule is CC(C)CCn1ccc(NC(=O)N2CCC(O)(C(F)(F)F)CC2)n1. The van der Waals surface area contributed by atoms with Crippen molar-refractivity contribution < 1.29 is 23.1 Å². The Morgan fingerprint density at radius 1 is 1.42 bits per heavy atom. The van der Waals surface area contributed by atoms with Crippen LogP contribution >= 0.6 is 0 Å². The predicted molar refractivity (Wildman–Crippen MR) is 82.5 cm³/mol. The van der Waals surface area contributed by atoms with E-state index >= 15 is 0 Å². The number of nitrogens with one attached hydrogen (secondary N) is 1. The van der Waals surface area contributed by atoms with E-state index in [1.54, 1.807) is 16.9 Å². The number of nitrogens with zero attached hydrogens (tertiary/aromatic N) is 3. The highest BCUT2D eigenvalue weighted by atomic mass is 19.4. The third kappa shape index (κ3) is 4.40. The Kier molecular flexibility index (Phi) is 5.42. The fourth-order valence-electron chi connectivity index (χ4n) is 2.50. The summed E-state index contributed by atoms with van der Waals surface area (Å²) < 4.78 is 40.0. The lowest BCUT2D eigenvalue weighted by Gasteiger charge is -2.38. The highest BCUT2D eigenvalue weighted by Gasteiger charge is 2.54. The zero-order chi connectivity index (χ0) is 18.0. The van der Waals surface area contributed by atoms with Gasteiger partial charge in [0.15, 0.2) is 11.4 Å². The second-order valence-electron chi connectivity index (χ2n) is 6.59. The van der Waals surface area contributed by atoms with Crippen molar-refractivity contribution >= 4 is 11.8 Å². The van der Waals surface area contributed by atoms with Gasteiger partial charge in [0.2, 0.25) is 0 Å². The molecule has 1 aromatic heterocycles. The first-order chi connectivity index (χ1) is 11.1. The standard InChI is InChI=1S/C15H23F3N4O2/c1-11(2)3-7-22-8-4-12(20-22)19-13(23)21-9-5-14(24,6-10-21)15(16,17)18/h4,8,11,24H,3,5-7,9-10H2,1-2H3,(H,19,20,23). The number of hydrogen-bond donors (Lipinski definition) is 2. The van der Waals surface area contributed by atoms with Gasteiger partial charge in [-0.1, -0.05) is 13.8 Å². The van der Waals surface area contributed by atoms with Gasteiger partial charge in [0.25, 0.3) is 0 Å². The van der Waals surface area contributed by atoms with E-state index in [1.807, 2.05) is 0 Å². The number of likely N-dealkylation sites (tertiary alicyclic amines) is 1. The third-order valence-corrected chi connectivity index (χ3v) is 4.22. The summed E-state index contributed by atoms with van der Waals surface area (Å²) in [5.41, 5.74) is -2.71. The number of piperidine rings is 1. The summed E-state index contributed by atoms with van der Waals surface area (Å²) in [5, 5.41) is 16.4. The number of alkyl halides is 3. The molecule has 0 radical (unpaired) electrons. The maximum atomic E-state index is 12.8. The molecular formula is C15H23F3N4O2. The first kappa shape index (κ1) is 18.6. The van der Waals surface area contributed by atoms with Crippen LogP contribution in [-0.4, -0.2) is 50.7 Å². The van der Waals surface area contributed by atoms with E-state index in [1.165, 1.54) is 4.90 Å². The van der Waals surface area contributed by atoms with Crippen LogP contribution in [0.1, 0.15) is 33.1 Å². The summed E-state index contributed by atoms with van der Waals surface area (Å²) in [6.07, 6.45) is -3.02. The molecule has 136 valence electrons. The molecule has 1 aliphatic rings. The van der Waals surface area contributed by atoms with Gasteiger partial charge in [-0.3, -0.25) is 10.00 Å². The highest BCUT2D eigenvalue weighted by molar-refractivity contribution is 5.88. The van der Waals surface area contributed by atoms with Crippen LogP contribution in [-0.2, 0) is 6.54 Å². The molecule has 1 saturated heterocycles. The minimum absolute atomic E-state index is 0.157. The first-order valence-corrected chi connectivity index (χ1v) is 7.99. The molecule has 2 rings (SSSR count). The van der Waals surface area contributed by atoms with Gasteiger partial charge in [0.05, 0.1) is 0 Å². The number of aliphatic hydroxyl groups is 1. The number of halogens is 3.